The number of benzene rings is 1. The van der Waals surface area contributed by atoms with Gasteiger partial charge in [-0.05, 0) is 12.5 Å². The summed E-state index contributed by atoms with van der Waals surface area (Å²) in [5.41, 5.74) is 6.19. The highest BCUT2D eigenvalue weighted by Gasteiger charge is 2.26. The van der Waals surface area contributed by atoms with Gasteiger partial charge in [-0.1, -0.05) is 6.92 Å². The van der Waals surface area contributed by atoms with Gasteiger partial charge in [0.15, 0.2) is 0 Å². The summed E-state index contributed by atoms with van der Waals surface area (Å²) in [7, 11) is 0. The van der Waals surface area contributed by atoms with Gasteiger partial charge in [0.25, 0.3) is 11.6 Å². The maximum atomic E-state index is 12.5. The molecule has 0 aromatic heterocycles. The van der Waals surface area contributed by atoms with Crippen LogP contribution in [0.5, 0.6) is 0 Å². The van der Waals surface area contributed by atoms with E-state index < -0.39 is 4.92 Å². The molecule has 0 radical (unpaired) electrons. The number of amides is 1. The third-order valence-corrected chi connectivity index (χ3v) is 4.73. The van der Waals surface area contributed by atoms with Crippen LogP contribution in [-0.4, -0.2) is 39.8 Å². The quantitative estimate of drug-likeness (QED) is 0.524. The number of anilines is 1. The predicted octanol–water partition coefficient (Wildman–Crippen LogP) is 2.14. The van der Waals surface area contributed by atoms with Crippen molar-refractivity contribution in [3.8, 4) is 0 Å². The second kappa shape index (κ2) is 6.13. The number of carbonyl (C=O) groups excluding carboxylic acids is 1. The molecule has 0 aliphatic carbocycles. The number of non-ortho nitro benzene ring substituents is 1. The van der Waals surface area contributed by atoms with Crippen molar-refractivity contribution in [1.29, 1.82) is 0 Å². The van der Waals surface area contributed by atoms with E-state index in [1.54, 1.807) is 4.90 Å². The Morgan fingerprint density at radius 3 is 3.00 bits per heavy atom. The van der Waals surface area contributed by atoms with Crippen LogP contribution < -0.4 is 5.73 Å². The van der Waals surface area contributed by atoms with E-state index in [0.717, 1.165) is 12.2 Å². The molecule has 1 aromatic carbocycles. The van der Waals surface area contributed by atoms with Crippen LogP contribution in [0.3, 0.4) is 0 Å². The van der Waals surface area contributed by atoms with Gasteiger partial charge in [-0.15, -0.1) is 0 Å². The number of thioether (sulfide) groups is 1. The van der Waals surface area contributed by atoms with Crippen molar-refractivity contribution >= 4 is 29.0 Å². The van der Waals surface area contributed by atoms with Crippen molar-refractivity contribution in [2.75, 3.05) is 24.6 Å². The predicted molar refractivity (Wildman–Crippen MR) is 79.9 cm³/mol. The number of hydrogen-bond acceptors (Lipinski definition) is 5. The average molecular weight is 295 g/mol. The number of hydrogen-bond donors (Lipinski definition) is 1. The minimum absolute atomic E-state index is 0.110. The molecule has 1 aliphatic heterocycles. The zero-order valence-corrected chi connectivity index (χ0v) is 12.1. The van der Waals surface area contributed by atoms with Gasteiger partial charge in [-0.25, -0.2) is 0 Å². The van der Waals surface area contributed by atoms with Crippen molar-refractivity contribution in [2.24, 2.45) is 0 Å². The maximum Gasteiger partial charge on any atom is 0.270 e. The first-order valence-corrected chi connectivity index (χ1v) is 7.52. The molecule has 0 saturated carbocycles. The standard InChI is InChI=1S/C13H17N3O3S/c1-2-10-8-15(5-6-20-10)13(17)11-7-9(16(18)19)3-4-12(11)14/h3-4,7,10H,2,5-6,8,14H2,1H3. The molecular weight excluding hydrogens is 278 g/mol. The number of nitrogen functional groups attached to an aromatic ring is 1. The molecule has 7 heteroatoms. The van der Waals surface area contributed by atoms with Crippen molar-refractivity contribution in [2.45, 2.75) is 18.6 Å². The Kier molecular flexibility index (Phi) is 4.49. The van der Waals surface area contributed by atoms with E-state index in [-0.39, 0.29) is 22.8 Å². The summed E-state index contributed by atoms with van der Waals surface area (Å²) >= 11 is 1.86. The zero-order chi connectivity index (χ0) is 14.7. The van der Waals surface area contributed by atoms with Gasteiger partial charge in [-0.3, -0.25) is 14.9 Å². The molecule has 108 valence electrons. The number of carbonyl (C=O) groups is 1. The first kappa shape index (κ1) is 14.6. The third-order valence-electron chi connectivity index (χ3n) is 3.36. The van der Waals surface area contributed by atoms with Crippen LogP contribution in [0, 0.1) is 10.1 Å². The fourth-order valence-corrected chi connectivity index (χ4v) is 3.34. The molecule has 1 fully saturated rings. The molecule has 1 aliphatic rings. The molecule has 2 N–H and O–H groups in total. The first-order chi connectivity index (χ1) is 9.52. The Hall–Kier alpha value is -1.76. The molecule has 0 bridgehead atoms. The van der Waals surface area contributed by atoms with Crippen LogP contribution in [0.25, 0.3) is 0 Å². The maximum absolute atomic E-state index is 12.5. The van der Waals surface area contributed by atoms with E-state index in [1.807, 2.05) is 11.8 Å². The highest BCUT2D eigenvalue weighted by molar-refractivity contribution is 8.00. The number of nitrogens with zero attached hydrogens (tertiary/aromatic N) is 2. The van der Waals surface area contributed by atoms with Gasteiger partial charge in [0.2, 0.25) is 0 Å². The smallest absolute Gasteiger partial charge is 0.270 e. The summed E-state index contributed by atoms with van der Waals surface area (Å²) in [6.07, 6.45) is 0.999. The molecule has 6 nitrogen and oxygen atoms in total. The lowest BCUT2D eigenvalue weighted by Gasteiger charge is -2.32. The van der Waals surface area contributed by atoms with Gasteiger partial charge in [-0.2, -0.15) is 11.8 Å². The summed E-state index contributed by atoms with van der Waals surface area (Å²) in [6.45, 7) is 3.41. The lowest BCUT2D eigenvalue weighted by atomic mass is 10.1. The summed E-state index contributed by atoms with van der Waals surface area (Å²) in [6, 6.07) is 3.99. The van der Waals surface area contributed by atoms with Crippen LogP contribution in [0.2, 0.25) is 0 Å². The minimum atomic E-state index is -0.517. The van der Waals surface area contributed by atoms with E-state index in [1.165, 1.54) is 18.2 Å². The Balaban J connectivity index is 2.24. The largest absolute Gasteiger partial charge is 0.398 e. The van der Waals surface area contributed by atoms with Gasteiger partial charge in [0.05, 0.1) is 10.5 Å². The van der Waals surface area contributed by atoms with Crippen molar-refractivity contribution in [1.82, 2.24) is 4.90 Å². The van der Waals surface area contributed by atoms with Gasteiger partial charge < -0.3 is 10.6 Å². The van der Waals surface area contributed by atoms with E-state index >= 15 is 0 Å². The van der Waals surface area contributed by atoms with Crippen LogP contribution in [0.15, 0.2) is 18.2 Å². The number of nitro groups is 1. The SMILES string of the molecule is CCC1CN(C(=O)c2cc([N+](=O)[O-])ccc2N)CCS1. The third kappa shape index (κ3) is 3.04. The van der Waals surface area contributed by atoms with Crippen molar-refractivity contribution in [3.05, 3.63) is 33.9 Å². The van der Waals surface area contributed by atoms with E-state index in [4.69, 9.17) is 5.73 Å². The minimum Gasteiger partial charge on any atom is -0.398 e. The normalized spacial score (nSPS) is 18.9. The fraction of sp³-hybridized carbons (Fsp3) is 0.462. The second-order valence-electron chi connectivity index (χ2n) is 4.68. The Bertz CT molecular complexity index is 536. The van der Waals surface area contributed by atoms with Crippen LogP contribution in [0.4, 0.5) is 11.4 Å². The topological polar surface area (TPSA) is 89.5 Å². The van der Waals surface area contributed by atoms with E-state index in [9.17, 15) is 14.9 Å². The molecule has 1 heterocycles. The Morgan fingerprint density at radius 2 is 2.35 bits per heavy atom. The van der Waals surface area contributed by atoms with Gasteiger partial charge in [0.1, 0.15) is 0 Å². The summed E-state index contributed by atoms with van der Waals surface area (Å²) < 4.78 is 0. The number of nitrogens with two attached hydrogens (primary N) is 1. The molecule has 0 spiro atoms. The average Bonchev–Trinajstić information content (AvgIpc) is 2.46. The monoisotopic (exact) mass is 295 g/mol. The Morgan fingerprint density at radius 1 is 1.60 bits per heavy atom. The summed E-state index contributed by atoms with van der Waals surface area (Å²) in [5, 5.41) is 11.2. The van der Waals surface area contributed by atoms with Crippen LogP contribution >= 0.6 is 11.8 Å². The highest BCUT2D eigenvalue weighted by Crippen LogP contribution is 2.25. The molecule has 20 heavy (non-hydrogen) atoms. The van der Waals surface area contributed by atoms with E-state index in [2.05, 4.69) is 6.92 Å². The molecule has 1 amide bonds. The summed E-state index contributed by atoms with van der Waals surface area (Å²) in [4.78, 5) is 24.5. The molecular formula is C13H17N3O3S. The summed E-state index contributed by atoms with van der Waals surface area (Å²) in [5.74, 6) is 0.670. The van der Waals surface area contributed by atoms with Crippen LogP contribution in [0.1, 0.15) is 23.7 Å². The van der Waals surface area contributed by atoms with E-state index in [0.29, 0.717) is 18.3 Å². The molecule has 1 saturated heterocycles. The van der Waals surface area contributed by atoms with Crippen LogP contribution in [-0.2, 0) is 0 Å². The molecule has 1 unspecified atom stereocenters. The second-order valence-corrected chi connectivity index (χ2v) is 6.09. The number of nitro benzene ring substituents is 1. The first-order valence-electron chi connectivity index (χ1n) is 6.47. The zero-order valence-electron chi connectivity index (χ0n) is 11.2. The lowest BCUT2D eigenvalue weighted by Crippen LogP contribution is -2.42. The highest BCUT2D eigenvalue weighted by atomic mass is 32.2. The van der Waals surface area contributed by atoms with Gasteiger partial charge >= 0.3 is 0 Å². The number of rotatable bonds is 3. The molecule has 2 rings (SSSR count). The molecule has 1 aromatic rings. The molecule has 1 atom stereocenters. The van der Waals surface area contributed by atoms with Crippen molar-refractivity contribution in [3.63, 3.8) is 0 Å². The lowest BCUT2D eigenvalue weighted by molar-refractivity contribution is -0.384. The fourth-order valence-electron chi connectivity index (χ4n) is 2.16. The Labute approximate surface area is 121 Å². The van der Waals surface area contributed by atoms with Gasteiger partial charge in [0, 0.05) is 41.9 Å². The van der Waals surface area contributed by atoms with Crippen molar-refractivity contribution < 1.29 is 9.72 Å².